The fraction of sp³-hybridized carbons (Fsp3) is 0.132. The monoisotopic (exact) mass is 2620 g/mol. The van der Waals surface area contributed by atoms with Gasteiger partial charge in [-0.25, -0.2) is 0 Å². The van der Waals surface area contributed by atoms with E-state index < -0.39 is 0 Å². The number of hydrogen-bond donors (Lipinski definition) is 0. The molecule has 24 aromatic rings. The molecule has 12 heterocycles. The Bertz CT molecular complexity index is 7930. The molecule has 0 saturated carbocycles. The molecule has 0 N–H and O–H groups in total. The van der Waals surface area contributed by atoms with E-state index in [0.29, 0.717) is 5.92 Å². The summed E-state index contributed by atoms with van der Waals surface area (Å²) in [4.78, 5) is 35.3. The van der Waals surface area contributed by atoms with Crippen molar-refractivity contribution in [2.75, 3.05) is 0 Å². The quantitative estimate of drug-likeness (QED) is 0.121. The van der Waals surface area contributed by atoms with Gasteiger partial charge in [-0.3, -0.25) is 0 Å². The van der Waals surface area contributed by atoms with E-state index in [9.17, 15) is 0 Å². The molecule has 730 valence electrons. The number of pyridine rings is 8. The number of para-hydroxylation sites is 3. The third kappa shape index (κ3) is 27.6. The zero-order valence-corrected chi connectivity index (χ0v) is 92.9. The van der Waals surface area contributed by atoms with Crippen molar-refractivity contribution in [1.29, 1.82) is 0 Å². The number of furan rings is 3. The van der Waals surface area contributed by atoms with Gasteiger partial charge >= 0.3 is 0 Å². The number of aryl methyl sites for hydroxylation is 1. The number of rotatable bonds is 10. The van der Waals surface area contributed by atoms with Crippen LogP contribution in [0, 0.1) is 61.4 Å². The van der Waals surface area contributed by atoms with Crippen LogP contribution in [0.15, 0.2) is 421 Å². The molecule has 4 radical (unpaired) electrons. The third-order valence-electron chi connectivity index (χ3n) is 23.6. The minimum absolute atomic E-state index is 0. The molecule has 0 atom stereocenters. The zero-order valence-electron chi connectivity index (χ0n) is 82.5. The molecule has 0 aliphatic rings. The maximum atomic E-state index is 6.30. The average Bonchev–Trinajstić information content (AvgIpc) is 1.61. The number of aromatic nitrogens is 8. The van der Waals surface area contributed by atoms with Gasteiger partial charge in [0, 0.05) is 151 Å². The van der Waals surface area contributed by atoms with Crippen molar-refractivity contribution in [2.24, 2.45) is 5.92 Å². The standard InChI is InChI=1S/C21H18NO.2C17H10NO.C17H10NS.3C15H16N.C12H10N.4Ir/c1-14(2)13-15-7-5-8-16-17-9-6-10-18(21(17)23-20(15)16)19-11-3-4-12-22-19;2*1-2-10-16-12(6-1)13-7-5-8-14(17(13)19-16)15-9-3-4-11-18-15;1-2-7-16-13(5-1)14-11-12(8-9-17(14)19-16)15-6-3-4-10-18-15;1-15(2,3)13-9-10-16-14(11-13)12-7-5-4-6-8-12;2*1-15(2,3)13-9-10-14(16-11-13)12-7-5-4-6-8-12;1-10-7-8-12(13-9-10)11-5-3-2-4-6-11;;;;/h3-9,11-12,14H,13H2,1-2H3;3*1-7,9-11H;3*4-7,9-11H,1-3H3;2-5,7-9H,1H3;;;;/q8*-1;;;;. The smallest absolute Gasteiger partial charge is 0.124 e. The van der Waals surface area contributed by atoms with Crippen molar-refractivity contribution in [3.05, 3.63) is 484 Å². The fourth-order valence-corrected chi connectivity index (χ4v) is 17.2. The van der Waals surface area contributed by atoms with Gasteiger partial charge < -0.3 is 53.1 Å². The first-order chi connectivity index (χ1) is 68.6. The normalized spacial score (nSPS) is 10.9. The maximum absolute atomic E-state index is 6.30. The van der Waals surface area contributed by atoms with E-state index >= 15 is 0 Å². The first kappa shape index (κ1) is 108. The molecule has 11 nitrogen and oxygen atoms in total. The molecule has 12 aromatic heterocycles. The van der Waals surface area contributed by atoms with Crippen LogP contribution in [0.5, 0.6) is 0 Å². The van der Waals surface area contributed by atoms with Gasteiger partial charge in [-0.15, -0.1) is 222 Å². The van der Waals surface area contributed by atoms with E-state index in [1.54, 1.807) is 18.6 Å². The molecule has 16 heteroatoms. The van der Waals surface area contributed by atoms with Crippen molar-refractivity contribution in [2.45, 2.75) is 106 Å². The molecule has 12 aromatic carbocycles. The number of benzene rings is 12. The molecule has 24 rings (SSSR count). The molecule has 0 amide bonds. The van der Waals surface area contributed by atoms with Crippen LogP contribution in [0.25, 0.3) is 176 Å². The van der Waals surface area contributed by atoms with Crippen LogP contribution in [-0.4, -0.2) is 39.9 Å². The summed E-state index contributed by atoms with van der Waals surface area (Å²) in [6, 6.07) is 145. The van der Waals surface area contributed by atoms with Crippen LogP contribution in [0.3, 0.4) is 0 Å². The van der Waals surface area contributed by atoms with Crippen LogP contribution >= 0.6 is 11.3 Å². The van der Waals surface area contributed by atoms with E-state index in [4.69, 9.17) is 13.3 Å². The van der Waals surface area contributed by atoms with Crippen LogP contribution in [0.2, 0.25) is 0 Å². The van der Waals surface area contributed by atoms with Crippen molar-refractivity contribution in [1.82, 2.24) is 39.9 Å². The van der Waals surface area contributed by atoms with Gasteiger partial charge in [0.1, 0.15) is 16.7 Å². The Morgan fingerprint density at radius 2 is 0.634 bits per heavy atom. The predicted molar refractivity (Wildman–Crippen MR) is 582 cm³/mol. The number of hydrogen-bond acceptors (Lipinski definition) is 12. The van der Waals surface area contributed by atoms with Crippen LogP contribution in [0.1, 0.15) is 104 Å². The SMILES string of the molecule is CC(C)(C)c1ccc(-c2[c-]cccc2)nc1.CC(C)(C)c1ccc(-c2[c-]cccc2)nc1.CC(C)(C)c1ccnc(-c2[c-]cccc2)c1.CC(C)Cc1cccc2c1oc1c(-c3ccccn3)[c-]ccc12.Cc1ccc(-c2[c-]cccc2)nc1.[Ir].[Ir].[Ir].[Ir].[c-]1cc2sc3ccccc3c2cc1-c1ccccn1.[c-]1ccc2c(oc3ccccc32)c1-c1ccccn1.[c-]1ccc2c(oc3ccccc32)c1-c1ccccn1. The minimum atomic E-state index is 0. The molecule has 0 aliphatic carbocycles. The average molecular weight is 2620 g/mol. The third-order valence-corrected chi connectivity index (χ3v) is 24.7. The Labute approximate surface area is 908 Å². The molecule has 0 unspecified atom stereocenters. The summed E-state index contributed by atoms with van der Waals surface area (Å²) in [5.74, 6) is 0.593. The summed E-state index contributed by atoms with van der Waals surface area (Å²) in [6.07, 6.45) is 15.8. The minimum Gasteiger partial charge on any atom is -0.501 e. The molecule has 0 spiro atoms. The van der Waals surface area contributed by atoms with Gasteiger partial charge in [0.05, 0.1) is 16.7 Å². The van der Waals surface area contributed by atoms with Crippen molar-refractivity contribution in [3.63, 3.8) is 0 Å². The molecule has 0 aliphatic heterocycles. The predicted octanol–water partition coefficient (Wildman–Crippen LogP) is 33.8. The molecule has 0 saturated heterocycles. The summed E-state index contributed by atoms with van der Waals surface area (Å²) < 4.78 is 20.8. The summed E-state index contributed by atoms with van der Waals surface area (Å²) in [5.41, 5.74) is 27.6. The van der Waals surface area contributed by atoms with Crippen LogP contribution in [-0.2, 0) is 103 Å². The maximum Gasteiger partial charge on any atom is 0.124 e. The van der Waals surface area contributed by atoms with Gasteiger partial charge in [-0.2, -0.15) is 11.3 Å². The molecular formula is C129H106Ir4N8O3S-8. The topological polar surface area (TPSA) is 143 Å². The zero-order chi connectivity index (χ0) is 97.7. The van der Waals surface area contributed by atoms with E-state index in [2.05, 4.69) is 280 Å². The van der Waals surface area contributed by atoms with E-state index in [1.165, 1.54) is 53.4 Å². The van der Waals surface area contributed by atoms with Gasteiger partial charge in [0.15, 0.2) is 0 Å². The Morgan fingerprint density at radius 1 is 0.262 bits per heavy atom. The summed E-state index contributed by atoms with van der Waals surface area (Å²) in [5, 5.41) is 9.38. The Hall–Kier alpha value is -13.9. The van der Waals surface area contributed by atoms with Crippen molar-refractivity contribution in [3.8, 4) is 90.1 Å². The van der Waals surface area contributed by atoms with Crippen LogP contribution in [0.4, 0.5) is 0 Å². The van der Waals surface area contributed by atoms with Gasteiger partial charge in [0.2, 0.25) is 0 Å². The summed E-state index contributed by atoms with van der Waals surface area (Å²) in [7, 11) is 0. The second-order valence-electron chi connectivity index (χ2n) is 37.4. The van der Waals surface area contributed by atoms with E-state index in [1.807, 2.05) is 292 Å². The Balaban J connectivity index is 0.000000139. The summed E-state index contributed by atoms with van der Waals surface area (Å²) >= 11 is 1.81. The number of fused-ring (bicyclic) bond motifs is 12. The van der Waals surface area contributed by atoms with Gasteiger partial charge in [0.25, 0.3) is 0 Å². The van der Waals surface area contributed by atoms with Gasteiger partial charge in [-0.1, -0.05) is 278 Å². The molecular weight excluding hydrogens is 2510 g/mol. The summed E-state index contributed by atoms with van der Waals surface area (Å²) in [6.45, 7) is 26.3. The van der Waals surface area contributed by atoms with E-state index in [-0.39, 0.29) is 96.7 Å². The second-order valence-corrected chi connectivity index (χ2v) is 38.5. The fourth-order valence-electron chi connectivity index (χ4n) is 16.1. The Morgan fingerprint density at radius 3 is 1.04 bits per heavy atom. The molecule has 145 heavy (non-hydrogen) atoms. The number of nitrogens with zero attached hydrogens (tertiary/aromatic N) is 8. The van der Waals surface area contributed by atoms with Crippen LogP contribution < -0.4 is 0 Å². The second kappa shape index (κ2) is 51.0. The Kier molecular flexibility index (Phi) is 38.1. The first-order valence-electron chi connectivity index (χ1n) is 47.3. The van der Waals surface area contributed by atoms with Crippen molar-refractivity contribution >= 4 is 97.3 Å². The van der Waals surface area contributed by atoms with Gasteiger partial charge in [-0.05, 0) is 167 Å². The molecule has 0 fully saturated rings. The number of thiophene rings is 1. The largest absolute Gasteiger partial charge is 0.501 e. The molecule has 0 bridgehead atoms. The van der Waals surface area contributed by atoms with Crippen molar-refractivity contribution < 1.29 is 93.7 Å². The first-order valence-corrected chi connectivity index (χ1v) is 48.1. The van der Waals surface area contributed by atoms with E-state index in [0.717, 1.165) is 157 Å².